The van der Waals surface area contributed by atoms with Crippen molar-refractivity contribution in [3.8, 4) is 11.6 Å². The minimum atomic E-state index is -0.0989. The quantitative estimate of drug-likeness (QED) is 0.617. The summed E-state index contributed by atoms with van der Waals surface area (Å²) in [6, 6.07) is 8.85. The van der Waals surface area contributed by atoms with Crippen molar-refractivity contribution in [1.29, 1.82) is 0 Å². The van der Waals surface area contributed by atoms with Crippen LogP contribution in [0.5, 0.6) is 11.6 Å². The zero-order chi connectivity index (χ0) is 15.6. The van der Waals surface area contributed by atoms with Crippen LogP contribution < -0.4 is 4.74 Å². The highest BCUT2D eigenvalue weighted by Gasteiger charge is 2.18. The Morgan fingerprint density at radius 2 is 1.81 bits per heavy atom. The molecule has 0 aliphatic carbocycles. The van der Waals surface area contributed by atoms with Crippen LogP contribution >= 0.6 is 34.8 Å². The summed E-state index contributed by atoms with van der Waals surface area (Å²) >= 11 is 18.0. The van der Waals surface area contributed by atoms with Gasteiger partial charge in [-0.3, -0.25) is 0 Å². The molecule has 2 nitrogen and oxygen atoms in total. The van der Waals surface area contributed by atoms with Crippen LogP contribution in [0.1, 0.15) is 32.0 Å². The van der Waals surface area contributed by atoms with Crippen molar-refractivity contribution in [3.63, 3.8) is 0 Å². The summed E-state index contributed by atoms with van der Waals surface area (Å²) in [6.45, 7) is 6.26. The standard InChI is InChI=1S/C16H16Cl3NO/c1-16(2,3)14-6-10(9-17)7-15(20-14)21-13-8-11(18)4-5-12(13)19/h4-8H,9H2,1-3H3. The Hall–Kier alpha value is -0.960. The van der Waals surface area contributed by atoms with Crippen LogP contribution in [0.4, 0.5) is 0 Å². The monoisotopic (exact) mass is 343 g/mol. The summed E-state index contributed by atoms with van der Waals surface area (Å²) in [5, 5.41) is 1.04. The van der Waals surface area contributed by atoms with E-state index < -0.39 is 0 Å². The molecule has 21 heavy (non-hydrogen) atoms. The highest BCUT2D eigenvalue weighted by Crippen LogP contribution is 2.33. The molecule has 0 unspecified atom stereocenters. The first-order valence-corrected chi connectivity index (χ1v) is 7.79. The molecule has 1 aromatic heterocycles. The van der Waals surface area contributed by atoms with E-state index in [4.69, 9.17) is 39.5 Å². The van der Waals surface area contributed by atoms with Crippen LogP contribution in [0.25, 0.3) is 0 Å². The first-order valence-electron chi connectivity index (χ1n) is 6.50. The Morgan fingerprint density at radius 1 is 1.10 bits per heavy atom. The van der Waals surface area contributed by atoms with Crippen LogP contribution in [-0.2, 0) is 11.3 Å². The van der Waals surface area contributed by atoms with Crippen molar-refractivity contribution >= 4 is 34.8 Å². The molecule has 0 atom stereocenters. The maximum atomic E-state index is 6.11. The van der Waals surface area contributed by atoms with Crippen molar-refractivity contribution in [2.24, 2.45) is 0 Å². The fourth-order valence-corrected chi connectivity index (χ4v) is 2.21. The second-order valence-corrected chi connectivity index (χ2v) is 6.87. The lowest BCUT2D eigenvalue weighted by Crippen LogP contribution is -2.14. The van der Waals surface area contributed by atoms with Gasteiger partial charge in [0.2, 0.25) is 5.88 Å². The fraction of sp³-hybridized carbons (Fsp3) is 0.312. The third kappa shape index (κ3) is 4.26. The Bertz CT molecular complexity index is 650. The van der Waals surface area contributed by atoms with Crippen molar-refractivity contribution in [2.45, 2.75) is 32.1 Å². The Morgan fingerprint density at radius 3 is 2.43 bits per heavy atom. The molecule has 1 heterocycles. The van der Waals surface area contributed by atoms with E-state index in [0.717, 1.165) is 11.3 Å². The molecule has 0 aliphatic heterocycles. The zero-order valence-electron chi connectivity index (χ0n) is 12.1. The predicted molar refractivity (Wildman–Crippen MR) is 89.0 cm³/mol. The van der Waals surface area contributed by atoms with Crippen LogP contribution in [0.3, 0.4) is 0 Å². The van der Waals surface area contributed by atoms with Gasteiger partial charge in [0.1, 0.15) is 5.75 Å². The molecular formula is C16H16Cl3NO. The molecule has 1 aromatic carbocycles. The number of hydrogen-bond donors (Lipinski definition) is 0. The topological polar surface area (TPSA) is 22.1 Å². The lowest BCUT2D eigenvalue weighted by atomic mass is 9.91. The maximum absolute atomic E-state index is 6.11. The molecular weight excluding hydrogens is 329 g/mol. The fourth-order valence-electron chi connectivity index (χ4n) is 1.74. The minimum Gasteiger partial charge on any atom is -0.437 e. The average molecular weight is 345 g/mol. The number of hydrogen-bond acceptors (Lipinski definition) is 2. The van der Waals surface area contributed by atoms with E-state index in [-0.39, 0.29) is 5.41 Å². The summed E-state index contributed by atoms with van der Waals surface area (Å²) in [5.41, 5.74) is 1.76. The molecule has 0 spiro atoms. The maximum Gasteiger partial charge on any atom is 0.219 e. The number of benzene rings is 1. The molecule has 112 valence electrons. The summed E-state index contributed by atoms with van der Waals surface area (Å²) in [4.78, 5) is 4.54. The van der Waals surface area contributed by atoms with Gasteiger partial charge in [-0.2, -0.15) is 0 Å². The van der Waals surface area contributed by atoms with E-state index in [2.05, 4.69) is 25.8 Å². The van der Waals surface area contributed by atoms with Crippen LogP contribution in [0.2, 0.25) is 10.0 Å². The summed E-state index contributed by atoms with van der Waals surface area (Å²) in [7, 11) is 0. The summed E-state index contributed by atoms with van der Waals surface area (Å²) < 4.78 is 5.78. The molecule has 2 rings (SSSR count). The number of ether oxygens (including phenoxy) is 1. The predicted octanol–water partition coefficient (Wildman–Crippen LogP) is 6.22. The number of rotatable bonds is 3. The van der Waals surface area contributed by atoms with Gasteiger partial charge in [-0.25, -0.2) is 4.98 Å². The van der Waals surface area contributed by atoms with Crippen LogP contribution in [0.15, 0.2) is 30.3 Å². The number of aromatic nitrogens is 1. The first-order chi connectivity index (χ1) is 9.79. The lowest BCUT2D eigenvalue weighted by molar-refractivity contribution is 0.451. The minimum absolute atomic E-state index is 0.0989. The van der Waals surface area contributed by atoms with Gasteiger partial charge in [0.05, 0.1) is 10.7 Å². The van der Waals surface area contributed by atoms with Crippen LogP contribution in [0, 0.1) is 0 Å². The molecule has 0 amide bonds. The second-order valence-electron chi connectivity index (χ2n) is 5.76. The lowest BCUT2D eigenvalue weighted by Gasteiger charge is -2.19. The molecule has 0 bridgehead atoms. The van der Waals surface area contributed by atoms with Crippen molar-refractivity contribution in [2.75, 3.05) is 0 Å². The van der Waals surface area contributed by atoms with Gasteiger partial charge in [-0.05, 0) is 23.8 Å². The third-order valence-corrected chi connectivity index (χ3v) is 3.75. The second kappa shape index (κ2) is 6.43. The van der Waals surface area contributed by atoms with E-state index in [9.17, 15) is 0 Å². The molecule has 0 N–H and O–H groups in total. The van der Waals surface area contributed by atoms with Gasteiger partial charge in [-0.1, -0.05) is 44.0 Å². The number of nitrogens with zero attached hydrogens (tertiary/aromatic N) is 1. The average Bonchev–Trinajstić information content (AvgIpc) is 2.41. The van der Waals surface area contributed by atoms with Crippen molar-refractivity contribution in [1.82, 2.24) is 4.98 Å². The van der Waals surface area contributed by atoms with E-state index in [0.29, 0.717) is 27.6 Å². The summed E-state index contributed by atoms with van der Waals surface area (Å²) in [5.74, 6) is 1.33. The summed E-state index contributed by atoms with van der Waals surface area (Å²) in [6.07, 6.45) is 0. The van der Waals surface area contributed by atoms with Crippen molar-refractivity contribution < 1.29 is 4.74 Å². The largest absolute Gasteiger partial charge is 0.437 e. The van der Waals surface area contributed by atoms with E-state index >= 15 is 0 Å². The molecule has 0 radical (unpaired) electrons. The Balaban J connectivity index is 2.42. The third-order valence-electron chi connectivity index (χ3n) is 2.89. The molecule has 0 fully saturated rings. The molecule has 2 aromatic rings. The highest BCUT2D eigenvalue weighted by atomic mass is 35.5. The smallest absolute Gasteiger partial charge is 0.219 e. The molecule has 0 aliphatic rings. The molecule has 0 saturated carbocycles. The zero-order valence-corrected chi connectivity index (χ0v) is 14.4. The SMILES string of the molecule is CC(C)(C)c1cc(CCl)cc(Oc2cc(Cl)ccc2Cl)n1. The van der Waals surface area contributed by atoms with E-state index in [1.54, 1.807) is 24.3 Å². The van der Waals surface area contributed by atoms with Gasteiger partial charge in [0, 0.05) is 28.5 Å². The van der Waals surface area contributed by atoms with Crippen LogP contribution in [-0.4, -0.2) is 4.98 Å². The van der Waals surface area contributed by atoms with Crippen molar-refractivity contribution in [3.05, 3.63) is 51.6 Å². The van der Waals surface area contributed by atoms with Gasteiger partial charge in [0.15, 0.2) is 0 Å². The Labute approximate surface area is 140 Å². The number of halogens is 3. The van der Waals surface area contributed by atoms with E-state index in [1.165, 1.54) is 0 Å². The van der Waals surface area contributed by atoms with Gasteiger partial charge < -0.3 is 4.74 Å². The first kappa shape index (κ1) is 16.4. The molecule has 5 heteroatoms. The number of pyridine rings is 1. The van der Waals surface area contributed by atoms with Gasteiger partial charge in [-0.15, -0.1) is 11.6 Å². The van der Waals surface area contributed by atoms with Gasteiger partial charge in [0.25, 0.3) is 0 Å². The Kier molecular flexibility index (Phi) is 5.03. The van der Waals surface area contributed by atoms with Gasteiger partial charge >= 0.3 is 0 Å². The molecule has 0 saturated heterocycles. The number of alkyl halides is 1. The normalized spacial score (nSPS) is 11.5. The van der Waals surface area contributed by atoms with E-state index in [1.807, 2.05) is 6.07 Å². The highest BCUT2D eigenvalue weighted by molar-refractivity contribution is 6.34.